The Morgan fingerprint density at radius 2 is 2.25 bits per heavy atom. The van der Waals surface area contributed by atoms with E-state index in [9.17, 15) is 4.79 Å². The average molecular weight is 218 g/mol. The van der Waals surface area contributed by atoms with Crippen LogP contribution in [0.2, 0.25) is 0 Å². The summed E-state index contributed by atoms with van der Waals surface area (Å²) >= 11 is 0. The third-order valence-corrected chi connectivity index (χ3v) is 3.35. The number of rotatable bonds is 3. The van der Waals surface area contributed by atoms with Gasteiger partial charge in [0.15, 0.2) is 0 Å². The first-order valence-electron chi connectivity index (χ1n) is 5.88. The molecule has 2 unspecified atom stereocenters. The maximum atomic E-state index is 11.3. The largest absolute Gasteiger partial charge is 0.373 e. The van der Waals surface area contributed by atoms with Crippen molar-refractivity contribution in [3.63, 3.8) is 0 Å². The molecule has 16 heavy (non-hydrogen) atoms. The quantitative estimate of drug-likeness (QED) is 0.779. The van der Waals surface area contributed by atoms with Crippen LogP contribution < -0.4 is 0 Å². The van der Waals surface area contributed by atoms with Gasteiger partial charge in [-0.15, -0.1) is 0 Å². The second kappa shape index (κ2) is 4.79. The molecule has 0 bridgehead atoms. The van der Waals surface area contributed by atoms with Crippen molar-refractivity contribution in [2.75, 3.05) is 6.61 Å². The van der Waals surface area contributed by atoms with E-state index in [1.54, 1.807) is 6.92 Å². The summed E-state index contributed by atoms with van der Waals surface area (Å²) in [4.78, 5) is 11.3. The highest BCUT2D eigenvalue weighted by molar-refractivity contribution is 5.77. The zero-order valence-electron chi connectivity index (χ0n) is 9.90. The Morgan fingerprint density at radius 1 is 1.50 bits per heavy atom. The number of hydrogen-bond donors (Lipinski definition) is 0. The average Bonchev–Trinajstić information content (AvgIpc) is 2.29. The maximum absolute atomic E-state index is 11.3. The number of ether oxygens (including phenoxy) is 1. The zero-order valence-corrected chi connectivity index (χ0v) is 9.90. The van der Waals surface area contributed by atoms with Crippen LogP contribution in [0, 0.1) is 5.92 Å². The van der Waals surface area contributed by atoms with Gasteiger partial charge in [0.1, 0.15) is 5.78 Å². The maximum Gasteiger partial charge on any atom is 0.132 e. The molecule has 0 N–H and O–H groups in total. The highest BCUT2D eigenvalue weighted by Crippen LogP contribution is 2.31. The van der Waals surface area contributed by atoms with E-state index in [2.05, 4.69) is 18.2 Å². The summed E-state index contributed by atoms with van der Waals surface area (Å²) in [7, 11) is 0. The minimum absolute atomic E-state index is 0.0798. The lowest BCUT2D eigenvalue weighted by atomic mass is 9.90. The molecule has 2 nitrogen and oxygen atoms in total. The molecule has 0 saturated carbocycles. The van der Waals surface area contributed by atoms with Crippen molar-refractivity contribution in [2.24, 2.45) is 5.92 Å². The molecule has 0 spiro atoms. The van der Waals surface area contributed by atoms with Crippen LogP contribution in [0.5, 0.6) is 0 Å². The first kappa shape index (κ1) is 11.3. The van der Waals surface area contributed by atoms with Gasteiger partial charge in [0, 0.05) is 5.92 Å². The molecule has 0 amide bonds. The smallest absolute Gasteiger partial charge is 0.132 e. The molecule has 0 saturated heterocycles. The van der Waals surface area contributed by atoms with Crippen LogP contribution in [0.15, 0.2) is 24.3 Å². The molecule has 1 aliphatic rings. The summed E-state index contributed by atoms with van der Waals surface area (Å²) in [5.74, 6) is 0.322. The van der Waals surface area contributed by atoms with Crippen LogP contribution in [-0.2, 0) is 16.0 Å². The lowest BCUT2D eigenvalue weighted by molar-refractivity contribution is -0.121. The van der Waals surface area contributed by atoms with E-state index >= 15 is 0 Å². The predicted molar refractivity (Wildman–Crippen MR) is 63.3 cm³/mol. The highest BCUT2D eigenvalue weighted by Gasteiger charge is 2.23. The topological polar surface area (TPSA) is 26.3 Å². The van der Waals surface area contributed by atoms with Crippen LogP contribution in [0.25, 0.3) is 0 Å². The Balaban J connectivity index is 2.16. The Kier molecular flexibility index (Phi) is 3.39. The molecule has 0 aliphatic carbocycles. The Bertz CT molecular complexity index is 384. The van der Waals surface area contributed by atoms with Crippen LogP contribution in [-0.4, -0.2) is 12.4 Å². The Morgan fingerprint density at radius 3 is 3.00 bits per heavy atom. The van der Waals surface area contributed by atoms with Crippen LogP contribution in [0.4, 0.5) is 0 Å². The SMILES string of the molecule is CC(=O)C(C)CC1OCCc2ccccc21. The standard InChI is InChI=1S/C14H18O2/c1-10(11(2)15)9-14-13-6-4-3-5-12(13)7-8-16-14/h3-6,10,14H,7-9H2,1-2H3. The van der Waals surface area contributed by atoms with Crippen molar-refractivity contribution in [1.29, 1.82) is 0 Å². The summed E-state index contributed by atoms with van der Waals surface area (Å²) in [5, 5.41) is 0. The Hall–Kier alpha value is -1.15. The predicted octanol–water partition coefficient (Wildman–Crippen LogP) is 2.92. The number of fused-ring (bicyclic) bond motifs is 1. The molecule has 2 rings (SSSR count). The second-order valence-electron chi connectivity index (χ2n) is 4.56. The van der Waals surface area contributed by atoms with Crippen molar-refractivity contribution in [2.45, 2.75) is 32.8 Å². The van der Waals surface area contributed by atoms with Gasteiger partial charge >= 0.3 is 0 Å². The summed E-state index contributed by atoms with van der Waals surface area (Å²) < 4.78 is 5.77. The molecule has 2 atom stereocenters. The summed E-state index contributed by atoms with van der Waals surface area (Å²) in [6.07, 6.45) is 1.89. The third kappa shape index (κ3) is 2.33. The fourth-order valence-corrected chi connectivity index (χ4v) is 2.16. The van der Waals surface area contributed by atoms with E-state index in [1.807, 2.05) is 13.0 Å². The number of ketones is 1. The first-order chi connectivity index (χ1) is 7.68. The number of Topliss-reactive ketones (excluding diaryl/α,β-unsaturated/α-hetero) is 1. The highest BCUT2D eigenvalue weighted by atomic mass is 16.5. The van der Waals surface area contributed by atoms with Gasteiger partial charge < -0.3 is 4.74 Å². The van der Waals surface area contributed by atoms with Gasteiger partial charge in [-0.25, -0.2) is 0 Å². The van der Waals surface area contributed by atoms with Crippen molar-refractivity contribution in [3.8, 4) is 0 Å². The van der Waals surface area contributed by atoms with Crippen molar-refractivity contribution in [3.05, 3.63) is 35.4 Å². The molecular formula is C14H18O2. The number of carbonyl (C=O) groups excluding carboxylic acids is 1. The molecule has 1 aliphatic heterocycles. The summed E-state index contributed by atoms with van der Waals surface area (Å²) in [5.41, 5.74) is 2.64. The van der Waals surface area contributed by atoms with E-state index in [4.69, 9.17) is 4.74 Å². The number of benzene rings is 1. The van der Waals surface area contributed by atoms with Crippen LogP contribution in [0.1, 0.15) is 37.5 Å². The Labute approximate surface area is 96.6 Å². The summed E-state index contributed by atoms with van der Waals surface area (Å²) in [6, 6.07) is 8.38. The van der Waals surface area contributed by atoms with E-state index in [-0.39, 0.29) is 17.8 Å². The minimum Gasteiger partial charge on any atom is -0.373 e. The molecule has 1 aromatic carbocycles. The molecule has 0 radical (unpaired) electrons. The molecule has 2 heteroatoms. The molecule has 1 aromatic rings. The van der Waals surface area contributed by atoms with Gasteiger partial charge in [-0.05, 0) is 30.9 Å². The first-order valence-corrected chi connectivity index (χ1v) is 5.88. The van der Waals surface area contributed by atoms with Crippen LogP contribution >= 0.6 is 0 Å². The van der Waals surface area contributed by atoms with E-state index in [0.29, 0.717) is 0 Å². The van der Waals surface area contributed by atoms with E-state index < -0.39 is 0 Å². The zero-order chi connectivity index (χ0) is 11.5. The fourth-order valence-electron chi connectivity index (χ4n) is 2.16. The van der Waals surface area contributed by atoms with E-state index in [1.165, 1.54) is 11.1 Å². The molecule has 0 aromatic heterocycles. The van der Waals surface area contributed by atoms with Gasteiger partial charge in [0.2, 0.25) is 0 Å². The molecule has 86 valence electrons. The minimum atomic E-state index is 0.0798. The van der Waals surface area contributed by atoms with Crippen molar-refractivity contribution in [1.82, 2.24) is 0 Å². The van der Waals surface area contributed by atoms with Gasteiger partial charge in [-0.2, -0.15) is 0 Å². The van der Waals surface area contributed by atoms with Crippen LogP contribution in [0.3, 0.4) is 0 Å². The van der Waals surface area contributed by atoms with E-state index in [0.717, 1.165) is 19.4 Å². The van der Waals surface area contributed by atoms with Gasteiger partial charge in [-0.3, -0.25) is 4.79 Å². The third-order valence-electron chi connectivity index (χ3n) is 3.35. The fraction of sp³-hybridized carbons (Fsp3) is 0.500. The number of carbonyl (C=O) groups is 1. The second-order valence-corrected chi connectivity index (χ2v) is 4.56. The number of hydrogen-bond acceptors (Lipinski definition) is 2. The lowest BCUT2D eigenvalue weighted by Gasteiger charge is -2.27. The summed E-state index contributed by atoms with van der Waals surface area (Å²) in [6.45, 7) is 4.40. The molecule has 0 fully saturated rings. The molecule has 1 heterocycles. The van der Waals surface area contributed by atoms with Gasteiger partial charge in [-0.1, -0.05) is 31.2 Å². The van der Waals surface area contributed by atoms with Gasteiger partial charge in [0.25, 0.3) is 0 Å². The lowest BCUT2D eigenvalue weighted by Crippen LogP contribution is -2.20. The molecular weight excluding hydrogens is 200 g/mol. The monoisotopic (exact) mass is 218 g/mol. The normalized spacial score (nSPS) is 21.2. The van der Waals surface area contributed by atoms with Gasteiger partial charge in [0.05, 0.1) is 12.7 Å². The van der Waals surface area contributed by atoms with Crippen molar-refractivity contribution < 1.29 is 9.53 Å². The van der Waals surface area contributed by atoms with Crippen molar-refractivity contribution >= 4 is 5.78 Å².